The van der Waals surface area contributed by atoms with Gasteiger partial charge in [0.05, 0.1) is 0 Å². The fraction of sp³-hybridized carbons (Fsp3) is 1.00. The molecule has 22 heavy (non-hydrogen) atoms. The Hall–Kier alpha value is 0.230. The first kappa shape index (κ1) is 18.6. The second kappa shape index (κ2) is 7.42. The van der Waals surface area contributed by atoms with Crippen molar-refractivity contribution in [2.75, 3.05) is 51.6 Å². The highest BCUT2D eigenvalue weighted by Gasteiger charge is 2.35. The molecular weight excluding hydrogens is 290 g/mol. The van der Waals surface area contributed by atoms with Crippen LogP contribution < -0.4 is 0 Å². The fourth-order valence-corrected chi connectivity index (χ4v) is 5.28. The van der Waals surface area contributed by atoms with E-state index in [0.29, 0.717) is 11.1 Å². The normalized spacial score (nSPS) is 27.3. The predicted molar refractivity (Wildman–Crippen MR) is 100.0 cm³/mol. The van der Waals surface area contributed by atoms with E-state index in [1.165, 1.54) is 58.0 Å². The van der Waals surface area contributed by atoms with Gasteiger partial charge in [-0.05, 0) is 47.6 Å². The van der Waals surface area contributed by atoms with Gasteiger partial charge in [0.1, 0.15) is 0 Å². The largest absolute Gasteiger partial charge is 0.301 e. The summed E-state index contributed by atoms with van der Waals surface area (Å²) in [6, 6.07) is 0. The molecule has 2 heterocycles. The molecule has 2 aliphatic rings. The topological polar surface area (TPSA) is 9.72 Å². The summed E-state index contributed by atoms with van der Waals surface area (Å²) < 4.78 is 0. The average molecular weight is 328 g/mol. The van der Waals surface area contributed by atoms with Crippen LogP contribution >= 0.6 is 11.8 Å². The van der Waals surface area contributed by atoms with Gasteiger partial charge in [0.15, 0.2) is 0 Å². The highest BCUT2D eigenvalue weighted by atomic mass is 32.2. The summed E-state index contributed by atoms with van der Waals surface area (Å²) in [7, 11) is 0. The minimum Gasteiger partial charge on any atom is -0.301 e. The summed E-state index contributed by atoms with van der Waals surface area (Å²) in [5.74, 6) is 1.29. The van der Waals surface area contributed by atoms with Crippen molar-refractivity contribution < 1.29 is 0 Å². The third-order valence-corrected chi connectivity index (χ3v) is 6.70. The van der Waals surface area contributed by atoms with Gasteiger partial charge in [0.25, 0.3) is 0 Å². The van der Waals surface area contributed by atoms with Gasteiger partial charge in [-0.2, -0.15) is 11.8 Å². The number of likely N-dealkylation sites (N-methyl/N-ethyl adjacent to an activating group) is 1. The molecule has 0 aromatic carbocycles. The van der Waals surface area contributed by atoms with E-state index < -0.39 is 0 Å². The molecule has 0 aromatic heterocycles. The molecule has 0 aliphatic carbocycles. The van der Waals surface area contributed by atoms with E-state index in [4.69, 9.17) is 0 Å². The van der Waals surface area contributed by atoms with E-state index in [0.717, 1.165) is 5.25 Å². The molecule has 4 heteroatoms. The van der Waals surface area contributed by atoms with Crippen molar-refractivity contribution in [3.63, 3.8) is 0 Å². The van der Waals surface area contributed by atoms with Crippen molar-refractivity contribution in [1.82, 2.24) is 14.7 Å². The van der Waals surface area contributed by atoms with Crippen LogP contribution in [0.3, 0.4) is 0 Å². The molecule has 3 nitrogen and oxygen atoms in total. The summed E-state index contributed by atoms with van der Waals surface area (Å²) in [5, 5.41) is 0.784. The zero-order valence-corrected chi connectivity index (χ0v) is 16.5. The second-order valence-electron chi connectivity index (χ2n) is 8.55. The van der Waals surface area contributed by atoms with E-state index in [1.54, 1.807) is 0 Å². The standard InChI is InChI=1S/C18H37N3S/c1-7-19-8-10-20(11-9-19)18(5,6)14-16-15-21(12-13-22-16)17(2,3)4/h16H,7-15H2,1-6H3. The van der Waals surface area contributed by atoms with Crippen LogP contribution in [0.5, 0.6) is 0 Å². The molecule has 1 atom stereocenters. The molecule has 0 saturated carbocycles. The molecule has 0 spiro atoms. The third kappa shape index (κ3) is 4.86. The quantitative estimate of drug-likeness (QED) is 0.785. The van der Waals surface area contributed by atoms with Crippen molar-refractivity contribution in [3.05, 3.63) is 0 Å². The molecule has 1 unspecified atom stereocenters. The van der Waals surface area contributed by atoms with Crippen LogP contribution in [0, 0.1) is 0 Å². The lowest BCUT2D eigenvalue weighted by molar-refractivity contribution is 0.0442. The Morgan fingerprint density at radius 1 is 0.909 bits per heavy atom. The highest BCUT2D eigenvalue weighted by Crippen LogP contribution is 2.32. The molecule has 0 bridgehead atoms. The van der Waals surface area contributed by atoms with Gasteiger partial charge < -0.3 is 4.90 Å². The molecule has 2 rings (SSSR count). The molecule has 0 amide bonds. The summed E-state index contributed by atoms with van der Waals surface area (Å²) in [4.78, 5) is 7.98. The lowest BCUT2D eigenvalue weighted by Gasteiger charge is -2.47. The van der Waals surface area contributed by atoms with E-state index in [-0.39, 0.29) is 0 Å². The lowest BCUT2D eigenvalue weighted by atomic mass is 9.93. The molecule has 130 valence electrons. The second-order valence-corrected chi connectivity index (χ2v) is 9.96. The first-order valence-corrected chi connectivity index (χ1v) is 10.1. The Morgan fingerprint density at radius 2 is 1.55 bits per heavy atom. The molecule has 2 saturated heterocycles. The van der Waals surface area contributed by atoms with E-state index in [1.807, 2.05) is 0 Å². The van der Waals surface area contributed by atoms with Crippen LogP contribution in [0.4, 0.5) is 0 Å². The Kier molecular flexibility index (Phi) is 6.26. The van der Waals surface area contributed by atoms with Crippen LogP contribution in [0.25, 0.3) is 0 Å². The average Bonchev–Trinajstić information content (AvgIpc) is 2.46. The maximum Gasteiger partial charge on any atom is 0.0193 e. The minimum atomic E-state index is 0.316. The van der Waals surface area contributed by atoms with Crippen LogP contribution in [-0.4, -0.2) is 82.6 Å². The van der Waals surface area contributed by atoms with Gasteiger partial charge in [-0.15, -0.1) is 0 Å². The minimum absolute atomic E-state index is 0.316. The van der Waals surface area contributed by atoms with E-state index in [9.17, 15) is 0 Å². The zero-order chi connectivity index (χ0) is 16.4. The zero-order valence-electron chi connectivity index (χ0n) is 15.7. The number of hydrogen-bond donors (Lipinski definition) is 0. The SMILES string of the molecule is CCN1CCN(C(C)(C)CC2CN(C(C)(C)C)CCS2)CC1. The molecule has 0 aromatic rings. The van der Waals surface area contributed by atoms with Gasteiger partial charge in [-0.3, -0.25) is 9.80 Å². The number of rotatable bonds is 4. The van der Waals surface area contributed by atoms with Gasteiger partial charge >= 0.3 is 0 Å². The highest BCUT2D eigenvalue weighted by molar-refractivity contribution is 8.00. The van der Waals surface area contributed by atoms with Gasteiger partial charge in [0.2, 0.25) is 0 Å². The summed E-state index contributed by atoms with van der Waals surface area (Å²) in [6.45, 7) is 22.9. The Morgan fingerprint density at radius 3 is 2.09 bits per heavy atom. The summed E-state index contributed by atoms with van der Waals surface area (Å²) in [6.07, 6.45) is 1.32. The van der Waals surface area contributed by atoms with Crippen molar-refractivity contribution in [1.29, 1.82) is 0 Å². The number of hydrogen-bond acceptors (Lipinski definition) is 4. The smallest absolute Gasteiger partial charge is 0.0193 e. The molecular formula is C18H37N3S. The molecule has 0 radical (unpaired) electrons. The van der Waals surface area contributed by atoms with Crippen LogP contribution in [0.2, 0.25) is 0 Å². The number of nitrogens with zero attached hydrogens (tertiary/aromatic N) is 3. The van der Waals surface area contributed by atoms with Gasteiger partial charge in [0, 0.05) is 61.3 Å². The maximum absolute atomic E-state index is 2.73. The molecule has 0 N–H and O–H groups in total. The molecule has 2 fully saturated rings. The van der Waals surface area contributed by atoms with Gasteiger partial charge in [-0.1, -0.05) is 6.92 Å². The van der Waals surface area contributed by atoms with Crippen LogP contribution in [-0.2, 0) is 0 Å². The van der Waals surface area contributed by atoms with Crippen LogP contribution in [0.15, 0.2) is 0 Å². The van der Waals surface area contributed by atoms with Gasteiger partial charge in [-0.25, -0.2) is 0 Å². The maximum atomic E-state index is 2.73. The van der Waals surface area contributed by atoms with Crippen molar-refractivity contribution >= 4 is 11.8 Å². The summed E-state index contributed by atoms with van der Waals surface area (Å²) in [5.41, 5.74) is 0.647. The molecule has 2 aliphatic heterocycles. The Balaban J connectivity index is 1.88. The van der Waals surface area contributed by atoms with E-state index in [2.05, 4.69) is 68.0 Å². The van der Waals surface area contributed by atoms with E-state index >= 15 is 0 Å². The number of piperazine rings is 1. The Bertz CT molecular complexity index is 343. The number of thioether (sulfide) groups is 1. The Labute approximate surface area is 142 Å². The van der Waals surface area contributed by atoms with Crippen molar-refractivity contribution in [2.45, 2.75) is 64.3 Å². The van der Waals surface area contributed by atoms with Crippen molar-refractivity contribution in [3.8, 4) is 0 Å². The third-order valence-electron chi connectivity index (χ3n) is 5.49. The van der Waals surface area contributed by atoms with Crippen LogP contribution in [0.1, 0.15) is 48.0 Å². The lowest BCUT2D eigenvalue weighted by Crippen LogP contribution is -2.56. The van der Waals surface area contributed by atoms with Crippen molar-refractivity contribution in [2.24, 2.45) is 0 Å². The predicted octanol–water partition coefficient (Wildman–Crippen LogP) is 3.01. The monoisotopic (exact) mass is 327 g/mol. The summed E-state index contributed by atoms with van der Waals surface area (Å²) >= 11 is 2.20. The first-order valence-electron chi connectivity index (χ1n) is 9.06. The fourth-order valence-electron chi connectivity index (χ4n) is 3.81. The first-order chi connectivity index (χ1) is 10.2.